The summed E-state index contributed by atoms with van der Waals surface area (Å²) in [5, 5.41) is 20.9. The van der Waals surface area contributed by atoms with Crippen molar-refractivity contribution in [3.63, 3.8) is 0 Å². The standard InChI is InChI=1S/C14H21N5/c1-4-19-7-5-6-12(9-19)16-14-13(8-15)10(2)11(3)17-18-14/h12H,4-7,9H2,1-3H3,(H,16,18). The van der Waals surface area contributed by atoms with Gasteiger partial charge in [0.1, 0.15) is 11.6 Å². The number of aryl methyl sites for hydroxylation is 1. The summed E-state index contributed by atoms with van der Waals surface area (Å²) in [5.74, 6) is 0.633. The number of nitriles is 1. The molecule has 0 saturated carbocycles. The van der Waals surface area contributed by atoms with Crippen molar-refractivity contribution >= 4 is 5.82 Å². The minimum absolute atomic E-state index is 0.359. The maximum Gasteiger partial charge on any atom is 0.167 e. The lowest BCUT2D eigenvalue weighted by atomic mass is 10.0. The van der Waals surface area contributed by atoms with Gasteiger partial charge in [0.05, 0.1) is 5.69 Å². The summed E-state index contributed by atoms with van der Waals surface area (Å²) in [6.07, 6.45) is 2.31. The Morgan fingerprint density at radius 1 is 1.42 bits per heavy atom. The molecular weight excluding hydrogens is 238 g/mol. The number of hydrogen-bond donors (Lipinski definition) is 1. The second-order valence-corrected chi connectivity index (χ2v) is 5.12. The Kier molecular flexibility index (Phi) is 4.33. The van der Waals surface area contributed by atoms with Crippen LogP contribution in [-0.4, -0.2) is 40.8 Å². The summed E-state index contributed by atoms with van der Waals surface area (Å²) in [4.78, 5) is 2.42. The Balaban J connectivity index is 2.15. The molecule has 19 heavy (non-hydrogen) atoms. The van der Waals surface area contributed by atoms with Gasteiger partial charge in [-0.25, -0.2) is 0 Å². The Hall–Kier alpha value is -1.67. The van der Waals surface area contributed by atoms with Crippen molar-refractivity contribution in [1.82, 2.24) is 15.1 Å². The number of rotatable bonds is 3. The highest BCUT2D eigenvalue weighted by Gasteiger charge is 2.21. The van der Waals surface area contributed by atoms with Gasteiger partial charge in [0.2, 0.25) is 0 Å². The summed E-state index contributed by atoms with van der Waals surface area (Å²) in [6.45, 7) is 9.23. The highest BCUT2D eigenvalue weighted by molar-refractivity contribution is 5.56. The molecule has 5 heteroatoms. The van der Waals surface area contributed by atoms with Crippen LogP contribution in [0.2, 0.25) is 0 Å². The molecule has 0 radical (unpaired) electrons. The van der Waals surface area contributed by atoms with Gasteiger partial charge in [-0.05, 0) is 45.3 Å². The lowest BCUT2D eigenvalue weighted by molar-refractivity contribution is 0.226. The topological polar surface area (TPSA) is 64.8 Å². The molecule has 1 aromatic heterocycles. The van der Waals surface area contributed by atoms with Gasteiger partial charge in [0.25, 0.3) is 0 Å². The molecule has 5 nitrogen and oxygen atoms in total. The predicted molar refractivity (Wildman–Crippen MR) is 75.0 cm³/mol. The molecule has 102 valence electrons. The summed E-state index contributed by atoms with van der Waals surface area (Å²) >= 11 is 0. The second kappa shape index (κ2) is 5.98. The first kappa shape index (κ1) is 13.8. The third kappa shape index (κ3) is 3.02. The van der Waals surface area contributed by atoms with Gasteiger partial charge in [0, 0.05) is 12.6 Å². The van der Waals surface area contributed by atoms with E-state index in [1.165, 1.54) is 13.0 Å². The Labute approximate surface area is 114 Å². The minimum Gasteiger partial charge on any atom is -0.363 e. The van der Waals surface area contributed by atoms with Crippen LogP contribution >= 0.6 is 0 Å². The number of anilines is 1. The number of nitrogens with zero attached hydrogens (tertiary/aromatic N) is 4. The molecule has 1 aliphatic rings. The Bertz CT molecular complexity index is 491. The first-order valence-electron chi connectivity index (χ1n) is 6.88. The normalized spacial score (nSPS) is 20.0. The summed E-state index contributed by atoms with van der Waals surface area (Å²) in [5.41, 5.74) is 2.37. The van der Waals surface area contributed by atoms with Crippen LogP contribution in [0.3, 0.4) is 0 Å². The van der Waals surface area contributed by atoms with E-state index in [1.807, 2.05) is 13.8 Å². The molecule has 1 aliphatic heterocycles. The van der Waals surface area contributed by atoms with Gasteiger partial charge in [-0.3, -0.25) is 0 Å². The molecule has 1 aromatic rings. The van der Waals surface area contributed by atoms with Crippen LogP contribution in [0.25, 0.3) is 0 Å². The first-order valence-corrected chi connectivity index (χ1v) is 6.88. The van der Waals surface area contributed by atoms with Crippen molar-refractivity contribution in [2.45, 2.75) is 39.7 Å². The van der Waals surface area contributed by atoms with Crippen LogP contribution in [0, 0.1) is 25.2 Å². The van der Waals surface area contributed by atoms with Gasteiger partial charge in [-0.1, -0.05) is 6.92 Å². The second-order valence-electron chi connectivity index (χ2n) is 5.12. The zero-order chi connectivity index (χ0) is 13.8. The summed E-state index contributed by atoms with van der Waals surface area (Å²) in [7, 11) is 0. The van der Waals surface area contributed by atoms with E-state index in [0.29, 0.717) is 17.4 Å². The highest BCUT2D eigenvalue weighted by atomic mass is 15.2. The largest absolute Gasteiger partial charge is 0.363 e. The van der Waals surface area contributed by atoms with Crippen LogP contribution in [0.4, 0.5) is 5.82 Å². The third-order valence-electron chi connectivity index (χ3n) is 3.86. The van der Waals surface area contributed by atoms with Gasteiger partial charge < -0.3 is 10.2 Å². The van der Waals surface area contributed by atoms with Gasteiger partial charge in [0.15, 0.2) is 5.82 Å². The molecule has 0 aliphatic carbocycles. The molecule has 0 spiro atoms. The first-order chi connectivity index (χ1) is 9.15. The molecular formula is C14H21N5. The highest BCUT2D eigenvalue weighted by Crippen LogP contribution is 2.20. The molecule has 0 amide bonds. The molecule has 1 atom stereocenters. The number of nitrogens with one attached hydrogen (secondary N) is 1. The van der Waals surface area contributed by atoms with E-state index >= 15 is 0 Å². The lowest BCUT2D eigenvalue weighted by Gasteiger charge is -2.32. The minimum atomic E-state index is 0.359. The molecule has 1 N–H and O–H groups in total. The smallest absolute Gasteiger partial charge is 0.167 e. The number of likely N-dealkylation sites (N-methyl/N-ethyl adjacent to an activating group) is 1. The lowest BCUT2D eigenvalue weighted by Crippen LogP contribution is -2.42. The van der Waals surface area contributed by atoms with E-state index in [2.05, 4.69) is 33.4 Å². The molecule has 2 rings (SSSR count). The van der Waals surface area contributed by atoms with Crippen molar-refractivity contribution in [2.24, 2.45) is 0 Å². The van der Waals surface area contributed by atoms with Crippen LogP contribution in [-0.2, 0) is 0 Å². The average molecular weight is 259 g/mol. The Morgan fingerprint density at radius 3 is 2.89 bits per heavy atom. The van der Waals surface area contributed by atoms with E-state index in [0.717, 1.165) is 30.8 Å². The maximum absolute atomic E-state index is 9.28. The average Bonchev–Trinajstić information content (AvgIpc) is 2.43. The zero-order valence-electron chi connectivity index (χ0n) is 11.9. The molecule has 0 bridgehead atoms. The number of aromatic nitrogens is 2. The number of hydrogen-bond acceptors (Lipinski definition) is 5. The van der Waals surface area contributed by atoms with Gasteiger partial charge in [-0.15, -0.1) is 5.10 Å². The fourth-order valence-electron chi connectivity index (χ4n) is 2.50. The van der Waals surface area contributed by atoms with E-state index in [-0.39, 0.29) is 0 Å². The molecule has 1 unspecified atom stereocenters. The third-order valence-corrected chi connectivity index (χ3v) is 3.86. The molecule has 1 fully saturated rings. The fraction of sp³-hybridized carbons (Fsp3) is 0.643. The molecule has 2 heterocycles. The van der Waals surface area contributed by atoms with Crippen LogP contribution < -0.4 is 5.32 Å². The summed E-state index contributed by atoms with van der Waals surface area (Å²) < 4.78 is 0. The fourth-order valence-corrected chi connectivity index (χ4v) is 2.50. The Morgan fingerprint density at radius 2 is 2.21 bits per heavy atom. The van der Waals surface area contributed by atoms with E-state index in [4.69, 9.17) is 0 Å². The van der Waals surface area contributed by atoms with Crippen molar-refractivity contribution in [1.29, 1.82) is 5.26 Å². The van der Waals surface area contributed by atoms with E-state index in [1.54, 1.807) is 0 Å². The quantitative estimate of drug-likeness (QED) is 0.897. The number of likely N-dealkylation sites (tertiary alicyclic amines) is 1. The van der Waals surface area contributed by atoms with Crippen molar-refractivity contribution in [3.05, 3.63) is 16.8 Å². The van der Waals surface area contributed by atoms with Gasteiger partial charge in [-0.2, -0.15) is 10.4 Å². The van der Waals surface area contributed by atoms with Crippen LogP contribution in [0.5, 0.6) is 0 Å². The van der Waals surface area contributed by atoms with E-state index in [9.17, 15) is 5.26 Å². The predicted octanol–water partition coefficient (Wildman–Crippen LogP) is 1.86. The SMILES string of the molecule is CCN1CCCC(Nc2nnc(C)c(C)c2C#N)C1. The monoisotopic (exact) mass is 259 g/mol. The maximum atomic E-state index is 9.28. The van der Waals surface area contributed by atoms with Crippen molar-refractivity contribution < 1.29 is 0 Å². The van der Waals surface area contributed by atoms with E-state index < -0.39 is 0 Å². The molecule has 1 saturated heterocycles. The summed E-state index contributed by atoms with van der Waals surface area (Å²) in [6, 6.07) is 2.60. The van der Waals surface area contributed by atoms with Crippen LogP contribution in [0.15, 0.2) is 0 Å². The van der Waals surface area contributed by atoms with Crippen molar-refractivity contribution in [3.8, 4) is 6.07 Å². The van der Waals surface area contributed by atoms with Crippen LogP contribution in [0.1, 0.15) is 36.6 Å². The van der Waals surface area contributed by atoms with Gasteiger partial charge >= 0.3 is 0 Å². The molecule has 0 aromatic carbocycles. The number of piperidine rings is 1. The zero-order valence-corrected chi connectivity index (χ0v) is 11.9. The van der Waals surface area contributed by atoms with Crippen molar-refractivity contribution in [2.75, 3.05) is 25.0 Å².